The third-order valence-corrected chi connectivity index (χ3v) is 2.75. The number of aliphatic hydroxyl groups is 1. The lowest BCUT2D eigenvalue weighted by atomic mass is 10.2. The predicted molar refractivity (Wildman–Crippen MR) is 71.3 cm³/mol. The third-order valence-electron chi connectivity index (χ3n) is 2.22. The quantitative estimate of drug-likeness (QED) is 0.845. The van der Waals surface area contributed by atoms with Gasteiger partial charge in [-0.25, -0.2) is 0 Å². The SMILES string of the molecule is C[C@H](CCO)NC(=O)COc1ccc(Cl)cc1Cl. The minimum absolute atomic E-state index is 0.0331. The molecule has 0 unspecified atom stereocenters. The van der Waals surface area contributed by atoms with Crippen molar-refractivity contribution in [1.29, 1.82) is 0 Å². The van der Waals surface area contributed by atoms with Crippen molar-refractivity contribution >= 4 is 29.1 Å². The van der Waals surface area contributed by atoms with Crippen LogP contribution in [0.1, 0.15) is 13.3 Å². The van der Waals surface area contributed by atoms with E-state index in [2.05, 4.69) is 5.32 Å². The number of aliphatic hydroxyl groups excluding tert-OH is 1. The van der Waals surface area contributed by atoms with Gasteiger partial charge in [0.05, 0.1) is 5.02 Å². The molecule has 18 heavy (non-hydrogen) atoms. The van der Waals surface area contributed by atoms with Crippen molar-refractivity contribution in [1.82, 2.24) is 5.32 Å². The number of hydrogen-bond donors (Lipinski definition) is 2. The van der Waals surface area contributed by atoms with Crippen molar-refractivity contribution in [2.24, 2.45) is 0 Å². The molecule has 1 rings (SSSR count). The van der Waals surface area contributed by atoms with Crippen LogP contribution in [0.5, 0.6) is 5.75 Å². The molecule has 1 aromatic carbocycles. The molecule has 0 aliphatic heterocycles. The van der Waals surface area contributed by atoms with Crippen molar-refractivity contribution in [2.75, 3.05) is 13.2 Å². The van der Waals surface area contributed by atoms with E-state index in [9.17, 15) is 4.79 Å². The molecule has 0 heterocycles. The number of nitrogens with one attached hydrogen (secondary N) is 1. The Hall–Kier alpha value is -0.970. The Kier molecular flexibility index (Phi) is 6.25. The van der Waals surface area contributed by atoms with Crippen LogP contribution < -0.4 is 10.1 Å². The molecule has 0 saturated carbocycles. The summed E-state index contributed by atoms with van der Waals surface area (Å²) in [6.07, 6.45) is 0.507. The summed E-state index contributed by atoms with van der Waals surface area (Å²) >= 11 is 11.6. The van der Waals surface area contributed by atoms with Crippen molar-refractivity contribution < 1.29 is 14.6 Å². The van der Waals surface area contributed by atoms with Crippen LogP contribution in [0, 0.1) is 0 Å². The standard InChI is InChI=1S/C12H15Cl2NO3/c1-8(4-5-16)15-12(17)7-18-11-3-2-9(13)6-10(11)14/h2-3,6,8,16H,4-5,7H2,1H3,(H,15,17)/t8-/m1/s1. The van der Waals surface area contributed by atoms with Gasteiger partial charge in [0.2, 0.25) is 0 Å². The van der Waals surface area contributed by atoms with Crippen molar-refractivity contribution in [3.05, 3.63) is 28.2 Å². The maximum Gasteiger partial charge on any atom is 0.258 e. The summed E-state index contributed by atoms with van der Waals surface area (Å²) in [4.78, 5) is 11.5. The summed E-state index contributed by atoms with van der Waals surface area (Å²) in [5.74, 6) is 0.146. The highest BCUT2D eigenvalue weighted by molar-refractivity contribution is 6.35. The van der Waals surface area contributed by atoms with E-state index in [0.717, 1.165) is 0 Å². The largest absolute Gasteiger partial charge is 0.482 e. The molecule has 0 radical (unpaired) electrons. The number of hydrogen-bond acceptors (Lipinski definition) is 3. The third kappa shape index (κ3) is 5.12. The lowest BCUT2D eigenvalue weighted by molar-refractivity contribution is -0.123. The molecule has 100 valence electrons. The smallest absolute Gasteiger partial charge is 0.258 e. The average Bonchev–Trinajstić information content (AvgIpc) is 2.28. The van der Waals surface area contributed by atoms with E-state index >= 15 is 0 Å². The Morgan fingerprint density at radius 2 is 2.22 bits per heavy atom. The van der Waals surface area contributed by atoms with Crippen LogP contribution >= 0.6 is 23.2 Å². The van der Waals surface area contributed by atoms with Crippen molar-refractivity contribution in [3.63, 3.8) is 0 Å². The Balaban J connectivity index is 2.42. The molecule has 0 fully saturated rings. The van der Waals surface area contributed by atoms with Crippen LogP contribution in [-0.4, -0.2) is 30.3 Å². The average molecular weight is 292 g/mol. The Bertz CT molecular complexity index is 412. The highest BCUT2D eigenvalue weighted by Crippen LogP contribution is 2.27. The molecule has 0 aromatic heterocycles. The number of rotatable bonds is 6. The van der Waals surface area contributed by atoms with E-state index in [-0.39, 0.29) is 25.2 Å². The van der Waals surface area contributed by atoms with Gasteiger partial charge in [0.1, 0.15) is 5.75 Å². The van der Waals surface area contributed by atoms with Gasteiger partial charge in [-0.15, -0.1) is 0 Å². The van der Waals surface area contributed by atoms with Gasteiger partial charge in [-0.05, 0) is 31.5 Å². The number of amides is 1. The lowest BCUT2D eigenvalue weighted by Gasteiger charge is -2.13. The van der Waals surface area contributed by atoms with Crippen LogP contribution in [0.3, 0.4) is 0 Å². The summed E-state index contributed by atoms with van der Waals surface area (Å²) in [6.45, 7) is 1.71. The lowest BCUT2D eigenvalue weighted by Crippen LogP contribution is -2.36. The first-order chi connectivity index (χ1) is 8.52. The molecule has 0 aliphatic rings. The fourth-order valence-corrected chi connectivity index (χ4v) is 1.78. The zero-order chi connectivity index (χ0) is 13.5. The summed E-state index contributed by atoms with van der Waals surface area (Å²) in [7, 11) is 0. The monoisotopic (exact) mass is 291 g/mol. The molecule has 0 saturated heterocycles. The topological polar surface area (TPSA) is 58.6 Å². The van der Waals surface area contributed by atoms with Gasteiger partial charge in [0.25, 0.3) is 5.91 Å². The second-order valence-electron chi connectivity index (χ2n) is 3.84. The van der Waals surface area contributed by atoms with Crippen LogP contribution in [0.15, 0.2) is 18.2 Å². The molecule has 1 aromatic rings. The van der Waals surface area contributed by atoms with Crippen molar-refractivity contribution in [2.45, 2.75) is 19.4 Å². The summed E-state index contributed by atoms with van der Waals surface area (Å²) in [6, 6.07) is 4.70. The van der Waals surface area contributed by atoms with Gasteiger partial charge >= 0.3 is 0 Å². The zero-order valence-corrected chi connectivity index (χ0v) is 11.5. The molecule has 2 N–H and O–H groups in total. The first-order valence-electron chi connectivity index (χ1n) is 5.51. The number of carbonyl (C=O) groups excluding carboxylic acids is 1. The predicted octanol–water partition coefficient (Wildman–Crippen LogP) is 2.26. The second-order valence-corrected chi connectivity index (χ2v) is 4.69. The summed E-state index contributed by atoms with van der Waals surface area (Å²) in [5, 5.41) is 12.3. The van der Waals surface area contributed by atoms with E-state index in [0.29, 0.717) is 22.2 Å². The highest BCUT2D eigenvalue weighted by atomic mass is 35.5. The second kappa shape index (κ2) is 7.46. The maximum atomic E-state index is 11.5. The minimum Gasteiger partial charge on any atom is -0.482 e. The van der Waals surface area contributed by atoms with Crippen LogP contribution in [0.2, 0.25) is 10.0 Å². The molecule has 0 spiro atoms. The number of ether oxygens (including phenoxy) is 1. The fourth-order valence-electron chi connectivity index (χ4n) is 1.32. The van der Waals surface area contributed by atoms with E-state index in [1.807, 2.05) is 6.92 Å². The Morgan fingerprint density at radius 3 is 2.83 bits per heavy atom. The number of halogens is 2. The van der Waals surface area contributed by atoms with Crippen molar-refractivity contribution in [3.8, 4) is 5.75 Å². The molecule has 4 nitrogen and oxygen atoms in total. The van der Waals surface area contributed by atoms with E-state index in [1.165, 1.54) is 0 Å². The van der Waals surface area contributed by atoms with Crippen LogP contribution in [-0.2, 0) is 4.79 Å². The Morgan fingerprint density at radius 1 is 1.50 bits per heavy atom. The van der Waals surface area contributed by atoms with Gasteiger partial charge in [-0.3, -0.25) is 4.79 Å². The van der Waals surface area contributed by atoms with E-state index in [1.54, 1.807) is 18.2 Å². The molecular formula is C12H15Cl2NO3. The first-order valence-corrected chi connectivity index (χ1v) is 6.26. The normalized spacial score (nSPS) is 12.0. The van der Waals surface area contributed by atoms with Gasteiger partial charge in [0, 0.05) is 17.7 Å². The van der Waals surface area contributed by atoms with E-state index < -0.39 is 0 Å². The van der Waals surface area contributed by atoms with E-state index in [4.69, 9.17) is 33.0 Å². The van der Waals surface area contributed by atoms with Crippen LogP contribution in [0.25, 0.3) is 0 Å². The number of benzene rings is 1. The summed E-state index contributed by atoms with van der Waals surface area (Å²) in [5.41, 5.74) is 0. The number of carbonyl (C=O) groups is 1. The zero-order valence-electron chi connectivity index (χ0n) is 9.95. The molecule has 6 heteroatoms. The minimum atomic E-state index is -0.262. The molecule has 1 atom stereocenters. The molecule has 1 amide bonds. The molecular weight excluding hydrogens is 277 g/mol. The maximum absolute atomic E-state index is 11.5. The molecule has 0 bridgehead atoms. The van der Waals surface area contributed by atoms with Gasteiger partial charge in [0.15, 0.2) is 6.61 Å². The Labute approximate surface area is 116 Å². The first kappa shape index (κ1) is 15.1. The fraction of sp³-hybridized carbons (Fsp3) is 0.417. The summed E-state index contributed by atoms with van der Waals surface area (Å²) < 4.78 is 5.27. The molecule has 0 aliphatic carbocycles. The highest BCUT2D eigenvalue weighted by Gasteiger charge is 2.09. The van der Waals surface area contributed by atoms with Gasteiger partial charge in [-0.1, -0.05) is 23.2 Å². The van der Waals surface area contributed by atoms with Gasteiger partial charge in [-0.2, -0.15) is 0 Å². The van der Waals surface area contributed by atoms with Crippen LogP contribution in [0.4, 0.5) is 0 Å². The van der Waals surface area contributed by atoms with Gasteiger partial charge < -0.3 is 15.2 Å².